The third kappa shape index (κ3) is 3.65. The van der Waals surface area contributed by atoms with Gasteiger partial charge in [-0.05, 0) is 54.1 Å². The highest BCUT2D eigenvalue weighted by molar-refractivity contribution is 5.85. The van der Waals surface area contributed by atoms with E-state index in [9.17, 15) is 9.18 Å². The number of nitrogens with one attached hydrogen (secondary N) is 1. The minimum Gasteiger partial charge on any atom is -0.493 e. The topological polar surface area (TPSA) is 60.7 Å². The fourth-order valence-electron chi connectivity index (χ4n) is 3.11. The van der Waals surface area contributed by atoms with E-state index in [-0.39, 0.29) is 11.2 Å². The lowest BCUT2D eigenvalue weighted by atomic mass is 10.0. The Hall–Kier alpha value is -3.80. The van der Waals surface area contributed by atoms with E-state index < -0.39 is 0 Å². The lowest BCUT2D eigenvalue weighted by molar-refractivity contribution is 0.355. The summed E-state index contributed by atoms with van der Waals surface area (Å²) >= 11 is 0. The Bertz CT molecular complexity index is 1230. The largest absolute Gasteiger partial charge is 0.493 e. The van der Waals surface area contributed by atoms with Gasteiger partial charge in [-0.25, -0.2) is 4.39 Å². The zero-order valence-corrected chi connectivity index (χ0v) is 15.9. The molecule has 4 aromatic rings. The summed E-state index contributed by atoms with van der Waals surface area (Å²) in [6.07, 6.45) is 1.44. The van der Waals surface area contributed by atoms with Gasteiger partial charge in [0.1, 0.15) is 17.7 Å². The summed E-state index contributed by atoms with van der Waals surface area (Å²) in [6.45, 7) is 0. The number of fused-ring (bicyclic) bond motifs is 1. The molecule has 4 rings (SSSR count). The second kappa shape index (κ2) is 7.67. The van der Waals surface area contributed by atoms with Gasteiger partial charge in [0.05, 0.1) is 25.2 Å². The molecule has 1 N–H and O–H groups in total. The van der Waals surface area contributed by atoms with Crippen molar-refractivity contribution in [2.75, 3.05) is 19.5 Å². The smallest absolute Gasteiger partial charge is 0.200 e. The highest BCUT2D eigenvalue weighted by Crippen LogP contribution is 2.32. The van der Waals surface area contributed by atoms with Crippen LogP contribution in [0.3, 0.4) is 0 Å². The van der Waals surface area contributed by atoms with Gasteiger partial charge in [0, 0.05) is 17.4 Å². The molecule has 0 unspecified atom stereocenters. The molecule has 0 aliphatic carbocycles. The van der Waals surface area contributed by atoms with Crippen LogP contribution in [0.5, 0.6) is 11.5 Å². The summed E-state index contributed by atoms with van der Waals surface area (Å²) in [5.41, 5.74) is 2.86. The van der Waals surface area contributed by atoms with E-state index in [0.717, 1.165) is 11.4 Å². The molecule has 1 aromatic heterocycles. The third-order valence-electron chi connectivity index (χ3n) is 4.60. The number of hydrogen-bond donors (Lipinski definition) is 1. The summed E-state index contributed by atoms with van der Waals surface area (Å²) in [6, 6.07) is 16.5. The minimum atomic E-state index is -0.303. The van der Waals surface area contributed by atoms with Crippen LogP contribution in [0.1, 0.15) is 0 Å². The molecule has 0 atom stereocenters. The first-order chi connectivity index (χ1) is 14.1. The maximum absolute atomic E-state index is 13.1. The summed E-state index contributed by atoms with van der Waals surface area (Å²) in [5, 5.41) is 3.62. The monoisotopic (exact) mass is 391 g/mol. The van der Waals surface area contributed by atoms with Crippen molar-refractivity contribution in [1.29, 1.82) is 0 Å². The highest BCUT2D eigenvalue weighted by atomic mass is 19.1. The zero-order valence-electron chi connectivity index (χ0n) is 15.9. The summed E-state index contributed by atoms with van der Waals surface area (Å²) < 4.78 is 29.3. The molecule has 5 nitrogen and oxygen atoms in total. The summed E-state index contributed by atoms with van der Waals surface area (Å²) in [4.78, 5) is 13.0. The Morgan fingerprint density at radius 1 is 0.862 bits per heavy atom. The van der Waals surface area contributed by atoms with Gasteiger partial charge in [0.25, 0.3) is 0 Å². The van der Waals surface area contributed by atoms with Crippen LogP contribution in [0.25, 0.3) is 22.1 Å². The lowest BCUT2D eigenvalue weighted by Gasteiger charge is -2.10. The number of halogens is 1. The van der Waals surface area contributed by atoms with E-state index in [0.29, 0.717) is 33.6 Å². The lowest BCUT2D eigenvalue weighted by Crippen LogP contribution is -2.05. The number of hydrogen-bond acceptors (Lipinski definition) is 5. The van der Waals surface area contributed by atoms with Crippen molar-refractivity contribution in [3.05, 3.63) is 83.0 Å². The number of rotatable bonds is 5. The number of methoxy groups -OCH3 is 2. The first-order valence-electron chi connectivity index (χ1n) is 8.89. The van der Waals surface area contributed by atoms with Crippen molar-refractivity contribution in [2.24, 2.45) is 0 Å². The minimum absolute atomic E-state index is 0.146. The molecule has 6 heteroatoms. The molecular weight excluding hydrogens is 373 g/mol. The SMILES string of the molecule is COc1ccc(-c2coc3cc(Nc4ccc(F)cc4)ccc3c2=O)cc1OC. The molecule has 0 spiro atoms. The Kier molecular flexibility index (Phi) is 4.91. The van der Waals surface area contributed by atoms with Crippen molar-refractivity contribution in [1.82, 2.24) is 0 Å². The van der Waals surface area contributed by atoms with E-state index in [1.54, 1.807) is 62.8 Å². The second-order valence-electron chi connectivity index (χ2n) is 6.39. The van der Waals surface area contributed by atoms with Gasteiger partial charge in [-0.15, -0.1) is 0 Å². The second-order valence-corrected chi connectivity index (χ2v) is 6.39. The van der Waals surface area contributed by atoms with Gasteiger partial charge >= 0.3 is 0 Å². The van der Waals surface area contributed by atoms with Crippen LogP contribution in [-0.4, -0.2) is 14.2 Å². The fourth-order valence-corrected chi connectivity index (χ4v) is 3.11. The Balaban J connectivity index is 1.71. The Morgan fingerprint density at radius 2 is 1.59 bits per heavy atom. The van der Waals surface area contributed by atoms with Crippen LogP contribution < -0.4 is 20.2 Å². The first-order valence-corrected chi connectivity index (χ1v) is 8.89. The van der Waals surface area contributed by atoms with E-state index in [1.165, 1.54) is 18.4 Å². The normalized spacial score (nSPS) is 10.7. The van der Waals surface area contributed by atoms with Crippen molar-refractivity contribution >= 4 is 22.3 Å². The van der Waals surface area contributed by atoms with Crippen LogP contribution in [0.4, 0.5) is 15.8 Å². The van der Waals surface area contributed by atoms with Gasteiger partial charge in [-0.2, -0.15) is 0 Å². The molecule has 0 bridgehead atoms. The van der Waals surface area contributed by atoms with Crippen LogP contribution in [0, 0.1) is 5.82 Å². The quantitative estimate of drug-likeness (QED) is 0.496. The van der Waals surface area contributed by atoms with Gasteiger partial charge in [0.15, 0.2) is 16.9 Å². The van der Waals surface area contributed by atoms with Crippen LogP contribution in [-0.2, 0) is 0 Å². The average molecular weight is 391 g/mol. The molecular formula is C23H18FNO4. The van der Waals surface area contributed by atoms with Crippen molar-refractivity contribution in [3.8, 4) is 22.6 Å². The van der Waals surface area contributed by atoms with Crippen LogP contribution in [0.2, 0.25) is 0 Å². The predicted molar refractivity (Wildman–Crippen MR) is 111 cm³/mol. The Morgan fingerprint density at radius 3 is 2.31 bits per heavy atom. The first kappa shape index (κ1) is 18.6. The number of ether oxygens (including phenoxy) is 2. The maximum atomic E-state index is 13.1. The van der Waals surface area contributed by atoms with Crippen LogP contribution >= 0.6 is 0 Å². The van der Waals surface area contributed by atoms with E-state index in [2.05, 4.69) is 5.32 Å². The molecule has 0 aliphatic heterocycles. The maximum Gasteiger partial charge on any atom is 0.200 e. The third-order valence-corrected chi connectivity index (χ3v) is 4.60. The molecule has 29 heavy (non-hydrogen) atoms. The van der Waals surface area contributed by atoms with Crippen molar-refractivity contribution in [2.45, 2.75) is 0 Å². The molecule has 0 aliphatic rings. The van der Waals surface area contributed by atoms with Crippen molar-refractivity contribution < 1.29 is 18.3 Å². The molecule has 0 fully saturated rings. The summed E-state index contributed by atoms with van der Waals surface area (Å²) in [7, 11) is 3.10. The zero-order chi connectivity index (χ0) is 20.4. The molecule has 0 amide bonds. The van der Waals surface area contributed by atoms with Gasteiger partial charge in [-0.1, -0.05) is 6.07 Å². The predicted octanol–water partition coefficient (Wildman–Crippen LogP) is 5.36. The number of anilines is 2. The molecule has 1 heterocycles. The molecule has 3 aromatic carbocycles. The van der Waals surface area contributed by atoms with E-state index >= 15 is 0 Å². The van der Waals surface area contributed by atoms with E-state index in [1.807, 2.05) is 0 Å². The van der Waals surface area contributed by atoms with Gasteiger partial charge in [0.2, 0.25) is 0 Å². The Labute approximate surface area is 166 Å². The number of benzene rings is 3. The molecule has 0 saturated carbocycles. The van der Waals surface area contributed by atoms with Gasteiger partial charge < -0.3 is 19.2 Å². The van der Waals surface area contributed by atoms with Gasteiger partial charge in [-0.3, -0.25) is 4.79 Å². The van der Waals surface area contributed by atoms with Crippen LogP contribution in [0.15, 0.2) is 76.1 Å². The highest BCUT2D eigenvalue weighted by Gasteiger charge is 2.13. The molecule has 0 radical (unpaired) electrons. The van der Waals surface area contributed by atoms with E-state index in [4.69, 9.17) is 13.9 Å². The standard InChI is InChI=1S/C23H18FNO4/c1-27-20-10-3-14(11-22(20)28-2)19-13-29-21-12-17(8-9-18(21)23(19)26)25-16-6-4-15(24)5-7-16/h3-13,25H,1-2H3. The van der Waals surface area contributed by atoms with Crippen molar-refractivity contribution in [3.63, 3.8) is 0 Å². The average Bonchev–Trinajstić information content (AvgIpc) is 2.75. The summed E-state index contributed by atoms with van der Waals surface area (Å²) in [5.74, 6) is 0.809. The fraction of sp³-hybridized carbons (Fsp3) is 0.0870. The molecule has 146 valence electrons. The molecule has 0 saturated heterocycles.